The third-order valence-electron chi connectivity index (χ3n) is 6.79. The minimum atomic E-state index is -0.693. The molecule has 0 amide bonds. The number of pyridine rings is 1. The Balaban J connectivity index is 1.37. The van der Waals surface area contributed by atoms with E-state index in [0.717, 1.165) is 22.7 Å². The van der Waals surface area contributed by atoms with Crippen molar-refractivity contribution in [1.82, 2.24) is 20.3 Å². The second kappa shape index (κ2) is 10.2. The van der Waals surface area contributed by atoms with Crippen LogP contribution in [0.3, 0.4) is 0 Å². The molecule has 0 spiro atoms. The fraction of sp³-hybridized carbons (Fsp3) is 0.133. The predicted octanol–water partition coefficient (Wildman–Crippen LogP) is 6.71. The molecule has 0 bridgehead atoms. The van der Waals surface area contributed by atoms with Gasteiger partial charge in [-0.3, -0.25) is 9.78 Å². The third-order valence-corrected chi connectivity index (χ3v) is 6.79. The van der Waals surface area contributed by atoms with Gasteiger partial charge in [-0.15, -0.1) is 0 Å². The van der Waals surface area contributed by atoms with Gasteiger partial charge in [0.2, 0.25) is 0 Å². The first kappa shape index (κ1) is 24.5. The number of ketones is 1. The van der Waals surface area contributed by atoms with E-state index in [4.69, 9.17) is 4.63 Å². The summed E-state index contributed by atoms with van der Waals surface area (Å²) in [4.78, 5) is 21.1. The van der Waals surface area contributed by atoms with Crippen molar-refractivity contribution in [2.24, 2.45) is 0 Å². The molecule has 3 heterocycles. The van der Waals surface area contributed by atoms with Gasteiger partial charge in [0.1, 0.15) is 34.3 Å². The Morgan fingerprint density at radius 1 is 0.897 bits per heavy atom. The van der Waals surface area contributed by atoms with Crippen LogP contribution in [0.2, 0.25) is 0 Å². The van der Waals surface area contributed by atoms with E-state index in [1.807, 2.05) is 18.2 Å². The molecule has 3 aromatic heterocycles. The maximum atomic E-state index is 14.1. The van der Waals surface area contributed by atoms with E-state index in [1.54, 1.807) is 30.6 Å². The van der Waals surface area contributed by atoms with Gasteiger partial charge in [-0.25, -0.2) is 17.8 Å². The van der Waals surface area contributed by atoms with Crippen molar-refractivity contribution in [3.05, 3.63) is 113 Å². The summed E-state index contributed by atoms with van der Waals surface area (Å²) >= 11 is 0. The highest BCUT2D eigenvalue weighted by molar-refractivity contribution is 5.90. The summed E-state index contributed by atoms with van der Waals surface area (Å²) in [6.07, 6.45) is 3.63. The van der Waals surface area contributed by atoms with E-state index >= 15 is 0 Å². The monoisotopic (exact) mass is 526 g/mol. The molecule has 6 aromatic rings. The number of carbonyl (C=O) groups excluding carboxylic acids is 1. The first-order chi connectivity index (χ1) is 18.9. The minimum Gasteiger partial charge on any atom is -0.361 e. The van der Waals surface area contributed by atoms with Gasteiger partial charge < -0.3 is 4.98 Å². The highest BCUT2D eigenvalue weighted by Crippen LogP contribution is 2.34. The summed E-state index contributed by atoms with van der Waals surface area (Å²) in [5.41, 5.74) is 5.13. The van der Waals surface area contributed by atoms with E-state index in [2.05, 4.69) is 20.3 Å². The number of hydrogen-bond donors (Lipinski definition) is 1. The minimum absolute atomic E-state index is 0.0535. The molecule has 194 valence electrons. The zero-order chi connectivity index (χ0) is 26.9. The second-order valence-corrected chi connectivity index (χ2v) is 9.51. The molecule has 0 fully saturated rings. The van der Waals surface area contributed by atoms with Crippen LogP contribution < -0.4 is 0 Å². The number of rotatable bonds is 8. The van der Waals surface area contributed by atoms with Crippen molar-refractivity contribution in [3.8, 4) is 11.1 Å². The van der Waals surface area contributed by atoms with Crippen LogP contribution in [0.5, 0.6) is 0 Å². The summed E-state index contributed by atoms with van der Waals surface area (Å²) in [6, 6.07) is 16.8. The number of halogens is 3. The van der Waals surface area contributed by atoms with Gasteiger partial charge in [0, 0.05) is 53.7 Å². The lowest BCUT2D eigenvalue weighted by Gasteiger charge is -2.20. The van der Waals surface area contributed by atoms with Crippen LogP contribution in [0.25, 0.3) is 33.1 Å². The smallest absolute Gasteiger partial charge is 0.138 e. The molecule has 39 heavy (non-hydrogen) atoms. The van der Waals surface area contributed by atoms with Gasteiger partial charge in [-0.1, -0.05) is 12.1 Å². The fourth-order valence-electron chi connectivity index (χ4n) is 5.07. The SMILES string of the molecule is O=C(Cc1c[nH]c2ccc(F)cc12)C[C@@H](Cc1cc(F)cc(F)c1)c1ncccc1-c1ccc2nonc2c1. The summed E-state index contributed by atoms with van der Waals surface area (Å²) in [5, 5.41) is 8.39. The van der Waals surface area contributed by atoms with Crippen molar-refractivity contribution in [2.45, 2.75) is 25.2 Å². The Morgan fingerprint density at radius 2 is 1.72 bits per heavy atom. The Hall–Kier alpha value is -4.79. The van der Waals surface area contributed by atoms with Crippen molar-refractivity contribution in [3.63, 3.8) is 0 Å². The normalized spacial score (nSPS) is 12.3. The van der Waals surface area contributed by atoms with Crippen molar-refractivity contribution < 1.29 is 22.6 Å². The fourth-order valence-corrected chi connectivity index (χ4v) is 5.07. The van der Waals surface area contributed by atoms with Crippen LogP contribution in [-0.4, -0.2) is 26.1 Å². The van der Waals surface area contributed by atoms with Crippen LogP contribution in [0, 0.1) is 17.5 Å². The summed E-state index contributed by atoms with van der Waals surface area (Å²) in [7, 11) is 0. The molecule has 3 aromatic carbocycles. The molecule has 0 aliphatic carbocycles. The predicted molar refractivity (Wildman–Crippen MR) is 139 cm³/mol. The summed E-state index contributed by atoms with van der Waals surface area (Å²) in [6.45, 7) is 0. The molecule has 0 unspecified atom stereocenters. The van der Waals surface area contributed by atoms with E-state index in [1.165, 1.54) is 24.3 Å². The zero-order valence-corrected chi connectivity index (χ0v) is 20.5. The molecule has 6 rings (SSSR count). The van der Waals surface area contributed by atoms with Crippen LogP contribution in [0.1, 0.15) is 29.2 Å². The average molecular weight is 527 g/mol. The van der Waals surface area contributed by atoms with Crippen molar-refractivity contribution in [2.75, 3.05) is 0 Å². The maximum absolute atomic E-state index is 14.1. The number of H-pyrrole nitrogens is 1. The first-order valence-corrected chi connectivity index (χ1v) is 12.3. The molecular formula is C30H21F3N4O2. The number of nitrogens with zero attached hydrogens (tertiary/aromatic N) is 3. The molecule has 6 nitrogen and oxygen atoms in total. The first-order valence-electron chi connectivity index (χ1n) is 12.3. The van der Waals surface area contributed by atoms with Gasteiger partial charge in [0.25, 0.3) is 0 Å². The van der Waals surface area contributed by atoms with Crippen LogP contribution in [-0.2, 0) is 17.6 Å². The van der Waals surface area contributed by atoms with E-state index in [0.29, 0.717) is 33.2 Å². The summed E-state index contributed by atoms with van der Waals surface area (Å²) in [5.74, 6) is -2.39. The molecule has 0 saturated heterocycles. The highest BCUT2D eigenvalue weighted by atomic mass is 19.1. The standard InChI is InChI=1S/C30H21F3N4O2/c31-21-4-6-27-26(15-21)20(16-35-27)12-24(38)11-19(8-17-9-22(32)14-23(33)10-17)30-25(2-1-7-34-30)18-3-5-28-29(13-18)37-39-36-28/h1-7,9-10,13-16,19,35H,8,11-12H2/t19-/m1/s1. The van der Waals surface area contributed by atoms with Gasteiger partial charge in [0.05, 0.1) is 5.69 Å². The number of Topliss-reactive ketones (excluding diaryl/α,β-unsaturated/α-hetero) is 1. The van der Waals surface area contributed by atoms with Crippen LogP contribution in [0.4, 0.5) is 13.2 Å². The number of aromatic amines is 1. The number of carbonyl (C=O) groups is 1. The molecule has 0 saturated carbocycles. The van der Waals surface area contributed by atoms with Gasteiger partial charge in [0.15, 0.2) is 0 Å². The molecule has 1 atom stereocenters. The Bertz CT molecular complexity index is 1810. The van der Waals surface area contributed by atoms with Crippen molar-refractivity contribution >= 4 is 27.7 Å². The quantitative estimate of drug-likeness (QED) is 0.238. The van der Waals surface area contributed by atoms with Gasteiger partial charge >= 0.3 is 0 Å². The largest absolute Gasteiger partial charge is 0.361 e. The molecule has 0 aliphatic heterocycles. The zero-order valence-electron chi connectivity index (χ0n) is 20.5. The Labute approximate surface area is 220 Å². The Kier molecular flexibility index (Phi) is 6.40. The lowest BCUT2D eigenvalue weighted by Crippen LogP contribution is -2.14. The van der Waals surface area contributed by atoms with E-state index < -0.39 is 17.6 Å². The number of fused-ring (bicyclic) bond motifs is 2. The number of benzene rings is 3. The van der Waals surface area contributed by atoms with E-state index in [-0.39, 0.29) is 30.9 Å². The summed E-state index contributed by atoms with van der Waals surface area (Å²) < 4.78 is 46.8. The Morgan fingerprint density at radius 3 is 2.56 bits per heavy atom. The van der Waals surface area contributed by atoms with Gasteiger partial charge in [-0.2, -0.15) is 0 Å². The van der Waals surface area contributed by atoms with Crippen LogP contribution >= 0.6 is 0 Å². The van der Waals surface area contributed by atoms with Crippen molar-refractivity contribution in [1.29, 1.82) is 0 Å². The molecule has 0 aliphatic rings. The molecular weight excluding hydrogens is 505 g/mol. The van der Waals surface area contributed by atoms with Gasteiger partial charge in [-0.05, 0) is 82.0 Å². The highest BCUT2D eigenvalue weighted by Gasteiger charge is 2.23. The van der Waals surface area contributed by atoms with E-state index in [9.17, 15) is 18.0 Å². The maximum Gasteiger partial charge on any atom is 0.138 e. The molecule has 0 radical (unpaired) electrons. The number of hydrogen-bond acceptors (Lipinski definition) is 5. The third kappa shape index (κ3) is 5.16. The topological polar surface area (TPSA) is 84.7 Å². The molecule has 9 heteroatoms. The molecule has 1 N–H and O–H groups in total. The number of aromatic nitrogens is 4. The number of nitrogens with one attached hydrogen (secondary N) is 1. The lowest BCUT2D eigenvalue weighted by molar-refractivity contribution is -0.118. The second-order valence-electron chi connectivity index (χ2n) is 9.51. The average Bonchev–Trinajstić information content (AvgIpc) is 3.54. The lowest BCUT2D eigenvalue weighted by atomic mass is 9.86. The van der Waals surface area contributed by atoms with Crippen LogP contribution in [0.15, 0.2) is 83.8 Å².